The highest BCUT2D eigenvalue weighted by atomic mass is 16.8. The average Bonchev–Trinajstić information content (AvgIpc) is 2.52. The summed E-state index contributed by atoms with van der Waals surface area (Å²) in [7, 11) is 0. The van der Waals surface area contributed by atoms with E-state index in [0.29, 0.717) is 11.3 Å². The zero-order chi connectivity index (χ0) is 16.9. The molecule has 0 spiro atoms. The van der Waals surface area contributed by atoms with E-state index in [4.69, 9.17) is 9.57 Å². The molecule has 0 aliphatic rings. The summed E-state index contributed by atoms with van der Waals surface area (Å²) in [6.07, 6.45) is -0.756. The molecule has 0 saturated heterocycles. The molecule has 0 aliphatic heterocycles. The van der Waals surface area contributed by atoms with Crippen LogP contribution in [0.2, 0.25) is 0 Å². The van der Waals surface area contributed by atoms with Gasteiger partial charge in [-0.2, -0.15) is 0 Å². The second-order valence-corrected chi connectivity index (χ2v) is 5.86. The van der Waals surface area contributed by atoms with Crippen molar-refractivity contribution in [1.82, 2.24) is 0 Å². The molecular formula is C18H19NO4. The van der Waals surface area contributed by atoms with Crippen LogP contribution in [-0.2, 0) is 9.57 Å². The Bertz CT molecular complexity index is 662. The molecule has 120 valence electrons. The van der Waals surface area contributed by atoms with Crippen molar-refractivity contribution in [3.05, 3.63) is 66.2 Å². The highest BCUT2D eigenvalue weighted by Crippen LogP contribution is 2.19. The number of ether oxygens (including phenoxy) is 1. The SMILES string of the molecule is CC(C)(C)OC(=O)N(OC(=O)c1ccccc1)c1ccccc1. The Labute approximate surface area is 135 Å². The summed E-state index contributed by atoms with van der Waals surface area (Å²) in [5.41, 5.74) is 0.0477. The van der Waals surface area contributed by atoms with Gasteiger partial charge in [-0.3, -0.25) is 0 Å². The van der Waals surface area contributed by atoms with Crippen molar-refractivity contribution >= 4 is 17.7 Å². The van der Waals surface area contributed by atoms with Gasteiger partial charge in [0.25, 0.3) is 0 Å². The Balaban J connectivity index is 2.24. The number of carbonyl (C=O) groups is 2. The lowest BCUT2D eigenvalue weighted by Gasteiger charge is -2.26. The minimum Gasteiger partial charge on any atom is -0.441 e. The van der Waals surface area contributed by atoms with Crippen LogP contribution in [0.5, 0.6) is 0 Å². The molecule has 2 aromatic rings. The van der Waals surface area contributed by atoms with Crippen molar-refractivity contribution in [3.63, 3.8) is 0 Å². The number of benzene rings is 2. The van der Waals surface area contributed by atoms with Crippen LogP contribution in [0.4, 0.5) is 10.5 Å². The highest BCUT2D eigenvalue weighted by Gasteiger charge is 2.27. The third kappa shape index (κ3) is 4.85. The van der Waals surface area contributed by atoms with Crippen molar-refractivity contribution in [2.75, 3.05) is 5.06 Å². The fraction of sp³-hybridized carbons (Fsp3) is 0.222. The lowest BCUT2D eigenvalue weighted by Crippen LogP contribution is -2.38. The van der Waals surface area contributed by atoms with E-state index in [1.165, 1.54) is 0 Å². The Kier molecular flexibility index (Phi) is 5.01. The molecule has 0 N–H and O–H groups in total. The molecule has 2 rings (SSSR count). The molecule has 5 heteroatoms. The zero-order valence-corrected chi connectivity index (χ0v) is 13.4. The van der Waals surface area contributed by atoms with Crippen molar-refractivity contribution in [3.8, 4) is 0 Å². The molecular weight excluding hydrogens is 294 g/mol. The van der Waals surface area contributed by atoms with Gasteiger partial charge in [0.05, 0.1) is 11.3 Å². The summed E-state index contributed by atoms with van der Waals surface area (Å²) < 4.78 is 5.30. The van der Waals surface area contributed by atoms with Crippen LogP contribution < -0.4 is 5.06 Å². The molecule has 23 heavy (non-hydrogen) atoms. The summed E-state index contributed by atoms with van der Waals surface area (Å²) in [4.78, 5) is 29.8. The van der Waals surface area contributed by atoms with Gasteiger partial charge in [-0.05, 0) is 45.0 Å². The number of hydrogen-bond donors (Lipinski definition) is 0. The van der Waals surface area contributed by atoms with Crippen molar-refractivity contribution in [1.29, 1.82) is 0 Å². The van der Waals surface area contributed by atoms with Crippen molar-refractivity contribution in [2.24, 2.45) is 0 Å². The van der Waals surface area contributed by atoms with Gasteiger partial charge in [0.2, 0.25) is 0 Å². The first-order valence-electron chi connectivity index (χ1n) is 7.22. The molecule has 5 nitrogen and oxygen atoms in total. The molecule has 1 amide bonds. The fourth-order valence-corrected chi connectivity index (χ4v) is 1.77. The topological polar surface area (TPSA) is 55.8 Å². The van der Waals surface area contributed by atoms with Crippen LogP contribution in [0, 0.1) is 0 Å². The summed E-state index contributed by atoms with van der Waals surface area (Å²) in [5.74, 6) is -0.639. The molecule has 0 bridgehead atoms. The highest BCUT2D eigenvalue weighted by molar-refractivity contribution is 5.94. The predicted molar refractivity (Wildman–Crippen MR) is 87.0 cm³/mol. The molecule has 0 aromatic heterocycles. The van der Waals surface area contributed by atoms with E-state index < -0.39 is 17.7 Å². The van der Waals surface area contributed by atoms with E-state index in [2.05, 4.69) is 0 Å². The van der Waals surface area contributed by atoms with E-state index in [1.807, 2.05) is 0 Å². The van der Waals surface area contributed by atoms with E-state index in [9.17, 15) is 9.59 Å². The van der Waals surface area contributed by atoms with Gasteiger partial charge in [-0.25, -0.2) is 9.59 Å². The van der Waals surface area contributed by atoms with Gasteiger partial charge < -0.3 is 9.57 Å². The van der Waals surface area contributed by atoms with Gasteiger partial charge in [0.15, 0.2) is 0 Å². The third-order valence-electron chi connectivity index (χ3n) is 2.73. The smallest absolute Gasteiger partial charge is 0.441 e. The van der Waals surface area contributed by atoms with Crippen molar-refractivity contribution in [2.45, 2.75) is 26.4 Å². The monoisotopic (exact) mass is 313 g/mol. The van der Waals surface area contributed by atoms with Crippen LogP contribution in [0.15, 0.2) is 60.7 Å². The maximum atomic E-state index is 12.4. The summed E-state index contributed by atoms with van der Waals surface area (Å²) in [6.45, 7) is 5.23. The summed E-state index contributed by atoms with van der Waals surface area (Å²) in [6, 6.07) is 17.0. The standard InChI is InChI=1S/C18H19NO4/c1-18(2,3)22-17(21)19(15-12-8-5-9-13-15)23-16(20)14-10-6-4-7-11-14/h4-13H,1-3H3. The molecule has 0 saturated carbocycles. The minimum absolute atomic E-state index is 0.344. The molecule has 0 heterocycles. The maximum absolute atomic E-state index is 12.4. The number of anilines is 1. The Hall–Kier alpha value is -2.82. The number of amides is 1. The number of hydroxylamine groups is 1. The van der Waals surface area contributed by atoms with Crippen LogP contribution in [0.1, 0.15) is 31.1 Å². The largest absolute Gasteiger partial charge is 0.448 e. The van der Waals surface area contributed by atoms with Gasteiger partial charge in [0.1, 0.15) is 5.60 Å². The Morgan fingerprint density at radius 2 is 1.39 bits per heavy atom. The normalized spacial score (nSPS) is 10.7. The lowest BCUT2D eigenvalue weighted by atomic mass is 10.2. The summed E-state index contributed by atoms with van der Waals surface area (Å²) in [5, 5.41) is 0.862. The van der Waals surface area contributed by atoms with Crippen LogP contribution in [0.3, 0.4) is 0 Å². The Morgan fingerprint density at radius 3 is 1.91 bits per heavy atom. The first kappa shape index (κ1) is 16.5. The average molecular weight is 313 g/mol. The summed E-state index contributed by atoms with van der Waals surface area (Å²) >= 11 is 0. The van der Waals surface area contributed by atoms with E-state index >= 15 is 0 Å². The van der Waals surface area contributed by atoms with E-state index in [1.54, 1.807) is 81.4 Å². The van der Waals surface area contributed by atoms with Gasteiger partial charge in [0, 0.05) is 0 Å². The lowest BCUT2D eigenvalue weighted by molar-refractivity contribution is 0.0198. The molecule has 2 aromatic carbocycles. The third-order valence-corrected chi connectivity index (χ3v) is 2.73. The molecule has 0 aliphatic carbocycles. The minimum atomic E-state index is -0.756. The second-order valence-electron chi connectivity index (χ2n) is 5.86. The molecule has 0 unspecified atom stereocenters. The maximum Gasteiger partial charge on any atom is 0.448 e. The number of carbonyl (C=O) groups excluding carboxylic acids is 2. The van der Waals surface area contributed by atoms with Crippen LogP contribution in [-0.4, -0.2) is 17.7 Å². The number of rotatable bonds is 2. The predicted octanol–water partition coefficient (Wildman–Crippen LogP) is 4.20. The number of nitrogens with zero attached hydrogens (tertiary/aromatic N) is 1. The van der Waals surface area contributed by atoms with Gasteiger partial charge in [-0.15, -0.1) is 5.06 Å². The Morgan fingerprint density at radius 1 is 0.870 bits per heavy atom. The van der Waals surface area contributed by atoms with Crippen molar-refractivity contribution < 1.29 is 19.2 Å². The van der Waals surface area contributed by atoms with Crippen LogP contribution in [0.25, 0.3) is 0 Å². The van der Waals surface area contributed by atoms with E-state index in [0.717, 1.165) is 5.06 Å². The number of para-hydroxylation sites is 1. The van der Waals surface area contributed by atoms with E-state index in [-0.39, 0.29) is 0 Å². The fourth-order valence-electron chi connectivity index (χ4n) is 1.77. The molecule has 0 radical (unpaired) electrons. The first-order chi connectivity index (χ1) is 10.9. The molecule has 0 fully saturated rings. The van der Waals surface area contributed by atoms with Crippen LogP contribution >= 0.6 is 0 Å². The van der Waals surface area contributed by atoms with Gasteiger partial charge in [-0.1, -0.05) is 36.4 Å². The second kappa shape index (κ2) is 6.96. The number of hydrogen-bond acceptors (Lipinski definition) is 4. The quantitative estimate of drug-likeness (QED) is 0.780. The van der Waals surface area contributed by atoms with Gasteiger partial charge >= 0.3 is 12.1 Å². The molecule has 0 atom stereocenters. The zero-order valence-electron chi connectivity index (χ0n) is 13.4. The first-order valence-corrected chi connectivity index (χ1v) is 7.22.